The maximum atomic E-state index is 13.6. The number of benzene rings is 2. The largest absolute Gasteiger partial charge is 0.344 e. The van der Waals surface area contributed by atoms with Crippen molar-refractivity contribution in [2.75, 3.05) is 13.1 Å². The zero-order valence-corrected chi connectivity index (χ0v) is 23.0. The fraction of sp³-hybridized carbons (Fsp3) is 0.233. The number of hydrogen-bond acceptors (Lipinski definition) is 7. The Balaban J connectivity index is 1.33. The molecule has 1 aliphatic rings. The van der Waals surface area contributed by atoms with Crippen LogP contribution >= 0.6 is 0 Å². The van der Waals surface area contributed by atoms with Gasteiger partial charge in [-0.2, -0.15) is 4.31 Å². The van der Waals surface area contributed by atoms with Gasteiger partial charge in [-0.1, -0.05) is 54.6 Å². The number of carbonyl (C=O) groups is 3. The number of Topliss-reactive ketones (excluding diaryl/α,β-unsaturated/α-hetero) is 1. The second-order valence-corrected chi connectivity index (χ2v) is 11.6. The Hall–Kier alpha value is -4.48. The van der Waals surface area contributed by atoms with Crippen LogP contribution in [0.5, 0.6) is 0 Å². The van der Waals surface area contributed by atoms with Gasteiger partial charge in [0.1, 0.15) is 6.04 Å². The summed E-state index contributed by atoms with van der Waals surface area (Å²) in [5.74, 6) is -1.28. The number of hydrogen-bond donors (Lipinski definition) is 2. The van der Waals surface area contributed by atoms with Gasteiger partial charge in [0.05, 0.1) is 17.1 Å². The third kappa shape index (κ3) is 6.47. The number of pyridine rings is 2. The molecule has 10 nitrogen and oxygen atoms in total. The Morgan fingerprint density at radius 1 is 0.902 bits per heavy atom. The highest BCUT2D eigenvalue weighted by Gasteiger charge is 2.34. The summed E-state index contributed by atoms with van der Waals surface area (Å²) < 4.78 is 27.3. The van der Waals surface area contributed by atoms with Crippen LogP contribution in [0, 0.1) is 0 Å². The van der Waals surface area contributed by atoms with E-state index in [4.69, 9.17) is 0 Å². The number of fused-ring (bicyclic) bond motifs is 1. The quantitative estimate of drug-likeness (QED) is 0.331. The van der Waals surface area contributed by atoms with Crippen LogP contribution in [-0.2, 0) is 26.0 Å². The van der Waals surface area contributed by atoms with E-state index in [-0.39, 0.29) is 43.2 Å². The summed E-state index contributed by atoms with van der Waals surface area (Å²) in [6.07, 6.45) is 3.22. The van der Waals surface area contributed by atoms with Crippen molar-refractivity contribution in [1.82, 2.24) is 24.9 Å². The minimum atomic E-state index is -3.89. The van der Waals surface area contributed by atoms with E-state index in [1.54, 1.807) is 36.5 Å². The number of sulfonamides is 1. The molecule has 210 valence electrons. The zero-order valence-electron chi connectivity index (χ0n) is 22.1. The Morgan fingerprint density at radius 2 is 1.66 bits per heavy atom. The number of nitrogens with zero attached hydrogens (tertiary/aromatic N) is 3. The summed E-state index contributed by atoms with van der Waals surface area (Å²) in [6.45, 7) is 0.0232. The molecular weight excluding hydrogens is 542 g/mol. The van der Waals surface area contributed by atoms with Crippen molar-refractivity contribution in [2.45, 2.75) is 36.4 Å². The summed E-state index contributed by atoms with van der Waals surface area (Å²) >= 11 is 0. The van der Waals surface area contributed by atoms with Crippen LogP contribution in [0.25, 0.3) is 10.9 Å². The highest BCUT2D eigenvalue weighted by Crippen LogP contribution is 2.19. The highest BCUT2D eigenvalue weighted by molar-refractivity contribution is 7.89. The first-order valence-corrected chi connectivity index (χ1v) is 14.7. The minimum absolute atomic E-state index is 0.0115. The Morgan fingerprint density at radius 3 is 2.44 bits per heavy atom. The first kappa shape index (κ1) is 28.1. The molecule has 2 aromatic carbocycles. The van der Waals surface area contributed by atoms with Crippen LogP contribution in [0.1, 0.15) is 28.8 Å². The normalized spacial score (nSPS) is 17.0. The summed E-state index contributed by atoms with van der Waals surface area (Å²) in [6, 6.07) is 20.8. The van der Waals surface area contributed by atoms with Gasteiger partial charge in [-0.3, -0.25) is 19.4 Å². The molecule has 3 heterocycles. The molecule has 11 heteroatoms. The number of para-hydroxylation sites is 1. The highest BCUT2D eigenvalue weighted by atomic mass is 32.2. The van der Waals surface area contributed by atoms with Crippen molar-refractivity contribution in [3.8, 4) is 0 Å². The van der Waals surface area contributed by atoms with E-state index in [9.17, 15) is 22.8 Å². The summed E-state index contributed by atoms with van der Waals surface area (Å²) in [4.78, 5) is 48.2. The van der Waals surface area contributed by atoms with E-state index < -0.39 is 33.9 Å². The van der Waals surface area contributed by atoms with Crippen LogP contribution in [0.15, 0.2) is 96.3 Å². The number of nitrogens with one attached hydrogen (secondary N) is 2. The van der Waals surface area contributed by atoms with Gasteiger partial charge in [-0.25, -0.2) is 13.4 Å². The predicted molar refractivity (Wildman–Crippen MR) is 152 cm³/mol. The first-order chi connectivity index (χ1) is 19.8. The van der Waals surface area contributed by atoms with Gasteiger partial charge in [0.25, 0.3) is 15.9 Å². The number of carbonyl (C=O) groups excluding carboxylic acids is 3. The monoisotopic (exact) mass is 571 g/mol. The third-order valence-corrected chi connectivity index (χ3v) is 8.82. The molecule has 41 heavy (non-hydrogen) atoms. The van der Waals surface area contributed by atoms with Crippen LogP contribution in [0.3, 0.4) is 0 Å². The second kappa shape index (κ2) is 12.4. The Labute approximate surface area is 237 Å². The first-order valence-electron chi connectivity index (χ1n) is 13.3. The van der Waals surface area contributed by atoms with E-state index in [0.717, 1.165) is 10.9 Å². The van der Waals surface area contributed by atoms with Gasteiger partial charge in [-0.05, 0) is 36.2 Å². The van der Waals surface area contributed by atoms with Crippen LogP contribution < -0.4 is 10.6 Å². The molecule has 1 unspecified atom stereocenters. The lowest BCUT2D eigenvalue weighted by molar-refractivity contribution is -0.128. The fourth-order valence-electron chi connectivity index (χ4n) is 4.83. The molecule has 0 bridgehead atoms. The molecule has 4 aromatic rings. The SMILES string of the molecule is O=C(NC(Cc1ccccc1)C(=O)N[C@@H]1CCN(S(=O)(=O)c2ccccn2)CCC1=O)c1cccc2cccnc12. The minimum Gasteiger partial charge on any atom is -0.344 e. The summed E-state index contributed by atoms with van der Waals surface area (Å²) in [5.41, 5.74) is 1.67. The third-order valence-electron chi connectivity index (χ3n) is 7.00. The maximum absolute atomic E-state index is 13.6. The Bertz CT molecular complexity index is 1660. The molecular formula is C30H29N5O5S. The van der Waals surface area contributed by atoms with Gasteiger partial charge < -0.3 is 10.6 Å². The second-order valence-electron chi connectivity index (χ2n) is 9.73. The van der Waals surface area contributed by atoms with E-state index in [0.29, 0.717) is 11.1 Å². The standard InChI is InChI=1S/C30H29N5O5S/c36-26-15-19-35(41(39,40)27-13-4-5-16-31-27)18-14-24(26)33-30(38)25(20-21-8-2-1-3-9-21)34-29(37)23-12-6-10-22-11-7-17-32-28(22)23/h1-13,16-17,24-25H,14-15,18-20H2,(H,33,38)(H,34,37)/t24-,25?/m1/s1. The van der Waals surface area contributed by atoms with Crippen molar-refractivity contribution in [3.05, 3.63) is 102 Å². The average Bonchev–Trinajstić information content (AvgIpc) is 3.18. The smallest absolute Gasteiger partial charge is 0.260 e. The van der Waals surface area contributed by atoms with E-state index in [2.05, 4.69) is 20.6 Å². The number of ketones is 1. The number of rotatable bonds is 8. The van der Waals surface area contributed by atoms with Crippen LogP contribution in [0.2, 0.25) is 0 Å². The molecule has 2 N–H and O–H groups in total. The summed E-state index contributed by atoms with van der Waals surface area (Å²) in [7, 11) is -3.89. The molecule has 2 atom stereocenters. The van der Waals surface area contributed by atoms with Gasteiger partial charge in [0, 0.05) is 43.7 Å². The zero-order chi connectivity index (χ0) is 28.8. The van der Waals surface area contributed by atoms with Crippen molar-refractivity contribution in [1.29, 1.82) is 0 Å². The fourth-order valence-corrected chi connectivity index (χ4v) is 6.22. The maximum Gasteiger partial charge on any atom is 0.260 e. The van der Waals surface area contributed by atoms with Crippen molar-refractivity contribution in [2.24, 2.45) is 0 Å². The number of amides is 2. The topological polar surface area (TPSA) is 138 Å². The molecule has 0 aliphatic carbocycles. The predicted octanol–water partition coefficient (Wildman–Crippen LogP) is 2.51. The molecule has 2 amide bonds. The van der Waals surface area contributed by atoms with Gasteiger partial charge in [0.2, 0.25) is 5.91 Å². The Kier molecular flexibility index (Phi) is 8.46. The molecule has 1 fully saturated rings. The average molecular weight is 572 g/mol. The van der Waals surface area contributed by atoms with Crippen molar-refractivity contribution < 1.29 is 22.8 Å². The van der Waals surface area contributed by atoms with Gasteiger partial charge in [-0.15, -0.1) is 0 Å². The number of aromatic nitrogens is 2. The van der Waals surface area contributed by atoms with E-state index in [1.165, 1.54) is 16.6 Å². The van der Waals surface area contributed by atoms with Gasteiger partial charge >= 0.3 is 0 Å². The molecule has 0 radical (unpaired) electrons. The molecule has 0 saturated carbocycles. The molecule has 2 aromatic heterocycles. The van der Waals surface area contributed by atoms with Crippen LogP contribution in [-0.4, -0.2) is 65.5 Å². The van der Waals surface area contributed by atoms with Crippen LogP contribution in [0.4, 0.5) is 0 Å². The molecule has 5 rings (SSSR count). The molecule has 1 aliphatic heterocycles. The molecule has 0 spiro atoms. The van der Waals surface area contributed by atoms with Gasteiger partial charge in [0.15, 0.2) is 10.8 Å². The van der Waals surface area contributed by atoms with E-state index in [1.807, 2.05) is 42.5 Å². The lowest BCUT2D eigenvalue weighted by Crippen LogP contribution is -2.52. The van der Waals surface area contributed by atoms with Crippen molar-refractivity contribution >= 4 is 38.5 Å². The molecule has 1 saturated heterocycles. The van der Waals surface area contributed by atoms with E-state index >= 15 is 0 Å². The summed E-state index contributed by atoms with van der Waals surface area (Å²) in [5, 5.41) is 6.31. The van der Waals surface area contributed by atoms with Crippen molar-refractivity contribution in [3.63, 3.8) is 0 Å². The lowest BCUT2D eigenvalue weighted by Gasteiger charge is -2.23. The lowest BCUT2D eigenvalue weighted by atomic mass is 10.0.